The van der Waals surface area contributed by atoms with Gasteiger partial charge in [-0.2, -0.15) is 0 Å². The molecule has 1 unspecified atom stereocenters. The number of nitrogens with one attached hydrogen (secondary N) is 1. The van der Waals surface area contributed by atoms with E-state index in [0.717, 1.165) is 16.6 Å². The van der Waals surface area contributed by atoms with Crippen molar-refractivity contribution in [2.75, 3.05) is 18.4 Å². The number of benzene rings is 1. The number of ether oxygens (including phenoxy) is 2. The van der Waals surface area contributed by atoms with Gasteiger partial charge in [0.2, 0.25) is 0 Å². The molecule has 0 radical (unpaired) electrons. The van der Waals surface area contributed by atoms with Crippen molar-refractivity contribution in [3.8, 4) is 11.1 Å². The van der Waals surface area contributed by atoms with E-state index >= 15 is 0 Å². The Morgan fingerprint density at radius 1 is 1.00 bits per heavy atom. The van der Waals surface area contributed by atoms with Crippen LogP contribution in [-0.2, 0) is 9.47 Å². The van der Waals surface area contributed by atoms with Crippen LogP contribution in [-0.4, -0.2) is 51.8 Å². The van der Waals surface area contributed by atoms with E-state index < -0.39 is 11.7 Å². The van der Waals surface area contributed by atoms with E-state index in [2.05, 4.69) is 15.3 Å². The van der Waals surface area contributed by atoms with Crippen LogP contribution in [0.2, 0.25) is 0 Å². The first-order valence-electron chi connectivity index (χ1n) is 12.0. The Morgan fingerprint density at radius 3 is 2.39 bits per heavy atom. The van der Waals surface area contributed by atoms with E-state index in [4.69, 9.17) is 9.47 Å². The first-order valence-corrected chi connectivity index (χ1v) is 12.0. The van der Waals surface area contributed by atoms with E-state index in [-0.39, 0.29) is 29.9 Å². The maximum Gasteiger partial charge on any atom is 0.413 e. The molecule has 1 N–H and O–H groups in total. The maximum absolute atomic E-state index is 14.8. The number of likely N-dealkylation sites (tertiary alicyclic amines) is 1. The van der Waals surface area contributed by atoms with Gasteiger partial charge in [-0.05, 0) is 69.8 Å². The molecule has 5 rings (SSSR count). The highest BCUT2D eigenvalue weighted by Gasteiger charge is 2.60. The normalized spacial score (nSPS) is 20.7. The summed E-state index contributed by atoms with van der Waals surface area (Å²) >= 11 is 0. The molecule has 2 aliphatic rings. The lowest BCUT2D eigenvalue weighted by atomic mass is 9.99. The van der Waals surface area contributed by atoms with Crippen molar-refractivity contribution in [2.24, 2.45) is 11.8 Å². The van der Waals surface area contributed by atoms with Crippen LogP contribution in [0.3, 0.4) is 0 Å². The van der Waals surface area contributed by atoms with Gasteiger partial charge in [-0.25, -0.2) is 19.0 Å². The Bertz CT molecular complexity index is 1360. The third kappa shape index (κ3) is 4.82. The second-order valence-electron chi connectivity index (χ2n) is 10.6. The first kappa shape index (κ1) is 24.0. The monoisotopic (exact) mass is 492 g/mol. The summed E-state index contributed by atoms with van der Waals surface area (Å²) in [6.07, 6.45) is 2.00. The summed E-state index contributed by atoms with van der Waals surface area (Å²) in [6.45, 7) is 10.3. The summed E-state index contributed by atoms with van der Waals surface area (Å²) in [5.41, 5.74) is 2.40. The molecular formula is C27H29FN4O4. The number of rotatable bonds is 3. The number of piperidine rings is 1. The van der Waals surface area contributed by atoms with Crippen LogP contribution < -0.4 is 5.32 Å². The van der Waals surface area contributed by atoms with E-state index in [9.17, 15) is 14.0 Å². The molecule has 1 aromatic carbocycles. The van der Waals surface area contributed by atoms with Gasteiger partial charge in [-0.15, -0.1) is 0 Å². The van der Waals surface area contributed by atoms with Crippen molar-refractivity contribution in [1.82, 2.24) is 14.9 Å². The number of pyridine rings is 2. The number of hydrogen-bond acceptors (Lipinski definition) is 6. The van der Waals surface area contributed by atoms with E-state index in [0.29, 0.717) is 35.4 Å². The molecule has 3 atom stereocenters. The van der Waals surface area contributed by atoms with Crippen LogP contribution in [0.1, 0.15) is 32.0 Å². The number of amides is 2. The summed E-state index contributed by atoms with van der Waals surface area (Å²) in [4.78, 5) is 34.9. The van der Waals surface area contributed by atoms with E-state index in [1.807, 2.05) is 40.7 Å². The predicted octanol–water partition coefficient (Wildman–Crippen LogP) is 5.47. The van der Waals surface area contributed by atoms with Crippen LogP contribution in [0.4, 0.5) is 19.8 Å². The average Bonchev–Trinajstić information content (AvgIpc) is 3.20. The van der Waals surface area contributed by atoms with Crippen molar-refractivity contribution in [3.05, 3.63) is 53.7 Å². The summed E-state index contributed by atoms with van der Waals surface area (Å²) in [6, 6.07) is 6.77. The molecule has 2 fully saturated rings. The predicted molar refractivity (Wildman–Crippen MR) is 133 cm³/mol. The standard InChI is InChI=1S/C27H29FN4O4/c1-14-6-15(2)29-11-19(14)18-7-16-9-23(30-10-17(16)8-22(18)28)31-25(33)35-24-20-12-32(13-21(20)24)26(34)36-27(3,4)5/h6-11,20-21,24H,12-13H2,1-5H3,(H,30,31,33)/t20-,21+,24?. The van der Waals surface area contributed by atoms with Gasteiger partial charge < -0.3 is 14.4 Å². The maximum atomic E-state index is 14.8. The zero-order valence-electron chi connectivity index (χ0n) is 21.0. The number of halogens is 1. The van der Waals surface area contributed by atoms with Crippen LogP contribution in [0.5, 0.6) is 0 Å². The zero-order chi connectivity index (χ0) is 25.8. The fourth-order valence-electron chi connectivity index (χ4n) is 4.80. The summed E-state index contributed by atoms with van der Waals surface area (Å²) < 4.78 is 25.8. The number of aromatic nitrogens is 2. The van der Waals surface area contributed by atoms with E-state index in [1.54, 1.807) is 23.2 Å². The fourth-order valence-corrected chi connectivity index (χ4v) is 4.80. The molecule has 1 saturated heterocycles. The lowest BCUT2D eigenvalue weighted by Crippen LogP contribution is -2.38. The van der Waals surface area contributed by atoms with Crippen molar-refractivity contribution in [3.63, 3.8) is 0 Å². The third-order valence-electron chi connectivity index (χ3n) is 6.59. The van der Waals surface area contributed by atoms with Gasteiger partial charge in [-0.1, -0.05) is 0 Å². The van der Waals surface area contributed by atoms with Gasteiger partial charge >= 0.3 is 12.2 Å². The molecule has 3 aromatic rings. The van der Waals surface area contributed by atoms with Gasteiger partial charge in [-0.3, -0.25) is 10.3 Å². The van der Waals surface area contributed by atoms with Gasteiger partial charge in [0.05, 0.1) is 0 Å². The van der Waals surface area contributed by atoms with Crippen molar-refractivity contribution < 1.29 is 23.5 Å². The molecule has 36 heavy (non-hydrogen) atoms. The Kier molecular flexibility index (Phi) is 5.81. The van der Waals surface area contributed by atoms with Crippen LogP contribution in [0, 0.1) is 31.5 Å². The highest BCUT2D eigenvalue weighted by molar-refractivity contribution is 5.92. The lowest BCUT2D eigenvalue weighted by molar-refractivity contribution is 0.0244. The fraction of sp³-hybridized carbons (Fsp3) is 0.407. The average molecular weight is 493 g/mol. The highest BCUT2D eigenvalue weighted by Crippen LogP contribution is 2.48. The van der Waals surface area contributed by atoms with Crippen LogP contribution >= 0.6 is 0 Å². The largest absolute Gasteiger partial charge is 0.445 e. The molecule has 0 spiro atoms. The van der Waals surface area contributed by atoms with Crippen LogP contribution in [0.25, 0.3) is 21.9 Å². The number of carbonyl (C=O) groups is 2. The van der Waals surface area contributed by atoms with Gasteiger partial charge in [0.25, 0.3) is 0 Å². The summed E-state index contributed by atoms with van der Waals surface area (Å²) in [5, 5.41) is 4.02. The number of carbonyl (C=O) groups excluding carboxylic acids is 2. The Morgan fingerprint density at radius 2 is 1.72 bits per heavy atom. The Labute approximate surface area is 208 Å². The number of anilines is 1. The molecule has 2 amide bonds. The van der Waals surface area contributed by atoms with Gasteiger partial charge in [0.15, 0.2) is 0 Å². The molecule has 1 aliphatic carbocycles. The summed E-state index contributed by atoms with van der Waals surface area (Å²) in [5.74, 6) is 0.179. The molecule has 2 aromatic heterocycles. The second kappa shape index (κ2) is 8.72. The van der Waals surface area contributed by atoms with Crippen LogP contribution in [0.15, 0.2) is 36.7 Å². The summed E-state index contributed by atoms with van der Waals surface area (Å²) in [7, 11) is 0. The second-order valence-corrected chi connectivity index (χ2v) is 10.6. The molecule has 8 nitrogen and oxygen atoms in total. The lowest BCUT2D eigenvalue weighted by Gasteiger charge is -2.25. The third-order valence-corrected chi connectivity index (χ3v) is 6.59. The topological polar surface area (TPSA) is 93.7 Å². The SMILES string of the molecule is Cc1cc(C)c(-c2cc3cc(NC(=O)OC4[C@H]5CN(C(=O)OC(C)(C)C)C[C@@H]45)ncc3cc2F)cn1. The van der Waals surface area contributed by atoms with Crippen molar-refractivity contribution in [2.45, 2.75) is 46.3 Å². The Hall–Kier alpha value is -3.75. The molecule has 9 heteroatoms. The van der Waals surface area contributed by atoms with Gasteiger partial charge in [0, 0.05) is 59.5 Å². The Balaban J connectivity index is 1.23. The number of aryl methyl sites for hydroxylation is 2. The minimum absolute atomic E-state index is 0.115. The first-order chi connectivity index (χ1) is 17.0. The molecule has 1 saturated carbocycles. The highest BCUT2D eigenvalue weighted by atomic mass is 19.1. The van der Waals surface area contributed by atoms with Crippen molar-refractivity contribution >= 4 is 28.8 Å². The molecular weight excluding hydrogens is 463 g/mol. The number of hydrogen-bond donors (Lipinski definition) is 1. The minimum atomic E-state index is -0.606. The smallest absolute Gasteiger partial charge is 0.413 e. The molecule has 3 heterocycles. The molecule has 188 valence electrons. The zero-order valence-corrected chi connectivity index (χ0v) is 21.0. The van der Waals surface area contributed by atoms with Crippen molar-refractivity contribution in [1.29, 1.82) is 0 Å². The molecule has 0 bridgehead atoms. The molecule has 1 aliphatic heterocycles. The quantitative estimate of drug-likeness (QED) is 0.521. The van der Waals surface area contributed by atoms with Gasteiger partial charge in [0.1, 0.15) is 23.3 Å². The number of nitrogens with zero attached hydrogens (tertiary/aromatic N) is 3. The van der Waals surface area contributed by atoms with E-state index in [1.165, 1.54) is 12.3 Å². The number of fused-ring (bicyclic) bond motifs is 2. The minimum Gasteiger partial charge on any atom is -0.445 e.